The molecule has 0 aliphatic carbocycles. The Morgan fingerprint density at radius 1 is 1.14 bits per heavy atom. The number of likely N-dealkylation sites (tertiary alicyclic amines) is 1. The number of carbonyl (C=O) groups is 2. The van der Waals surface area contributed by atoms with Crippen LogP contribution in [0.3, 0.4) is 0 Å². The molecule has 28 heavy (non-hydrogen) atoms. The van der Waals surface area contributed by atoms with Gasteiger partial charge < -0.3 is 15.1 Å². The molecule has 1 aromatic carbocycles. The van der Waals surface area contributed by atoms with E-state index < -0.39 is 0 Å². The van der Waals surface area contributed by atoms with Crippen molar-refractivity contribution in [3.05, 3.63) is 29.3 Å². The highest BCUT2D eigenvalue weighted by Gasteiger charge is 2.31. The topological polar surface area (TPSA) is 55.9 Å². The first-order valence-electron chi connectivity index (χ1n) is 10.6. The number of nitrogens with one attached hydrogen (secondary N) is 1. The summed E-state index contributed by atoms with van der Waals surface area (Å²) in [5.74, 6) is 0.199. The second kappa shape index (κ2) is 9.41. The van der Waals surface area contributed by atoms with E-state index in [1.54, 1.807) is 4.90 Å². The van der Waals surface area contributed by atoms with Crippen molar-refractivity contribution in [2.75, 3.05) is 51.7 Å². The number of aryl methyl sites for hydroxylation is 1. The van der Waals surface area contributed by atoms with Crippen molar-refractivity contribution in [1.82, 2.24) is 15.1 Å². The molecule has 1 N–H and O–H groups in total. The molecule has 0 radical (unpaired) electrons. The number of carbonyl (C=O) groups excluding carboxylic acids is 2. The minimum atomic E-state index is 0.00393. The lowest BCUT2D eigenvalue weighted by Gasteiger charge is -2.26. The molecular weight excluding hydrogens is 352 g/mol. The highest BCUT2D eigenvalue weighted by atomic mass is 16.2. The third-order valence-electron chi connectivity index (χ3n) is 5.84. The quantitative estimate of drug-likeness (QED) is 0.731. The summed E-state index contributed by atoms with van der Waals surface area (Å²) >= 11 is 0. The normalized spacial score (nSPS) is 19.8. The highest BCUT2D eigenvalue weighted by Crippen LogP contribution is 2.25. The molecule has 0 bridgehead atoms. The number of hydrogen-bond acceptors (Lipinski definition) is 4. The molecular formula is C22H34N4O2. The summed E-state index contributed by atoms with van der Waals surface area (Å²) in [6.07, 6.45) is 5.24. The lowest BCUT2D eigenvalue weighted by Crippen LogP contribution is -2.43. The molecule has 2 heterocycles. The third-order valence-corrected chi connectivity index (χ3v) is 5.84. The Morgan fingerprint density at radius 2 is 1.89 bits per heavy atom. The van der Waals surface area contributed by atoms with Crippen LogP contribution in [-0.2, 0) is 4.79 Å². The zero-order valence-electron chi connectivity index (χ0n) is 17.5. The molecule has 2 fully saturated rings. The van der Waals surface area contributed by atoms with E-state index >= 15 is 0 Å². The minimum Gasteiger partial charge on any atom is -0.371 e. The molecule has 3 rings (SSSR count). The molecule has 0 saturated carbocycles. The molecule has 0 aromatic heterocycles. The largest absolute Gasteiger partial charge is 0.371 e. The van der Waals surface area contributed by atoms with Gasteiger partial charge in [0, 0.05) is 46.0 Å². The van der Waals surface area contributed by atoms with Gasteiger partial charge in [0.25, 0.3) is 5.91 Å². The maximum atomic E-state index is 12.8. The van der Waals surface area contributed by atoms with Crippen molar-refractivity contribution in [3.63, 3.8) is 0 Å². The number of likely N-dealkylation sites (N-methyl/N-ethyl adjacent to an activating group) is 1. The second-order valence-electron chi connectivity index (χ2n) is 8.25. The average molecular weight is 387 g/mol. The number of benzene rings is 1. The van der Waals surface area contributed by atoms with Crippen LogP contribution in [0, 0.1) is 6.92 Å². The van der Waals surface area contributed by atoms with Gasteiger partial charge in [0.05, 0.1) is 11.6 Å². The van der Waals surface area contributed by atoms with Crippen molar-refractivity contribution in [2.45, 2.75) is 45.1 Å². The molecule has 2 aliphatic heterocycles. The molecule has 154 valence electrons. The fourth-order valence-corrected chi connectivity index (χ4v) is 4.32. The average Bonchev–Trinajstić information content (AvgIpc) is 3.36. The molecule has 6 heteroatoms. The third kappa shape index (κ3) is 4.85. The van der Waals surface area contributed by atoms with Gasteiger partial charge in [0.1, 0.15) is 0 Å². The fraction of sp³-hybridized carbons (Fsp3) is 0.636. The molecule has 1 unspecified atom stereocenters. The zero-order valence-corrected chi connectivity index (χ0v) is 17.5. The molecule has 2 saturated heterocycles. The predicted molar refractivity (Wildman–Crippen MR) is 113 cm³/mol. The molecule has 2 amide bonds. The van der Waals surface area contributed by atoms with Crippen LogP contribution in [0.15, 0.2) is 18.2 Å². The van der Waals surface area contributed by atoms with Crippen molar-refractivity contribution < 1.29 is 9.59 Å². The molecule has 6 nitrogen and oxygen atoms in total. The van der Waals surface area contributed by atoms with Gasteiger partial charge >= 0.3 is 0 Å². The summed E-state index contributed by atoms with van der Waals surface area (Å²) in [7, 11) is 3.64. The first kappa shape index (κ1) is 20.6. The van der Waals surface area contributed by atoms with Crippen LogP contribution in [0.5, 0.6) is 0 Å². The number of rotatable bonds is 7. The van der Waals surface area contributed by atoms with Crippen LogP contribution in [-0.4, -0.2) is 74.5 Å². The Bertz CT molecular complexity index is 698. The number of amides is 2. The lowest BCUT2D eigenvalue weighted by atomic mass is 10.1. The van der Waals surface area contributed by atoms with Gasteiger partial charge in [-0.1, -0.05) is 11.6 Å². The maximum absolute atomic E-state index is 12.8. The Balaban J connectivity index is 1.52. The summed E-state index contributed by atoms with van der Waals surface area (Å²) in [5, 5.41) is 3.09. The monoisotopic (exact) mass is 386 g/mol. The SMILES string of the molecule is Cc1ccc(N2CCCC2)c(C(=O)NCCCN2CCCC2C(=O)N(C)C)c1. The van der Waals surface area contributed by atoms with Gasteiger partial charge in [-0.3, -0.25) is 14.5 Å². The van der Waals surface area contributed by atoms with Crippen molar-refractivity contribution in [1.29, 1.82) is 0 Å². The van der Waals surface area contributed by atoms with Gasteiger partial charge in [-0.15, -0.1) is 0 Å². The van der Waals surface area contributed by atoms with E-state index in [9.17, 15) is 9.59 Å². The molecule has 0 spiro atoms. The zero-order chi connectivity index (χ0) is 20.1. The molecule has 1 atom stereocenters. The molecule has 1 aromatic rings. The van der Waals surface area contributed by atoms with E-state index in [2.05, 4.69) is 27.2 Å². The van der Waals surface area contributed by atoms with Gasteiger partial charge in [0.2, 0.25) is 5.91 Å². The van der Waals surface area contributed by atoms with Crippen LogP contribution < -0.4 is 10.2 Å². The van der Waals surface area contributed by atoms with E-state index in [-0.39, 0.29) is 17.9 Å². The van der Waals surface area contributed by atoms with Crippen LogP contribution in [0.25, 0.3) is 0 Å². The van der Waals surface area contributed by atoms with Crippen LogP contribution in [0.4, 0.5) is 5.69 Å². The van der Waals surface area contributed by atoms with Gasteiger partial charge in [-0.05, 0) is 57.7 Å². The van der Waals surface area contributed by atoms with Gasteiger partial charge in [-0.2, -0.15) is 0 Å². The van der Waals surface area contributed by atoms with Crippen LogP contribution in [0.2, 0.25) is 0 Å². The van der Waals surface area contributed by atoms with Gasteiger partial charge in [-0.25, -0.2) is 0 Å². The summed E-state index contributed by atoms with van der Waals surface area (Å²) < 4.78 is 0. The van der Waals surface area contributed by atoms with Crippen LogP contribution >= 0.6 is 0 Å². The highest BCUT2D eigenvalue weighted by molar-refractivity contribution is 6.00. The second-order valence-corrected chi connectivity index (χ2v) is 8.25. The molecule has 2 aliphatic rings. The summed E-state index contributed by atoms with van der Waals surface area (Å²) in [6.45, 7) is 6.52. The Labute approximate surface area is 168 Å². The Hall–Kier alpha value is -2.08. The van der Waals surface area contributed by atoms with E-state index in [4.69, 9.17) is 0 Å². The summed E-state index contributed by atoms with van der Waals surface area (Å²) in [6, 6.07) is 6.16. The predicted octanol–water partition coefficient (Wildman–Crippen LogP) is 2.27. The first-order valence-corrected chi connectivity index (χ1v) is 10.6. The summed E-state index contributed by atoms with van der Waals surface area (Å²) in [5.41, 5.74) is 2.94. The number of nitrogens with zero attached hydrogens (tertiary/aromatic N) is 3. The van der Waals surface area contributed by atoms with Crippen molar-refractivity contribution in [2.24, 2.45) is 0 Å². The first-order chi connectivity index (χ1) is 13.5. The van der Waals surface area contributed by atoms with E-state index in [1.165, 1.54) is 12.8 Å². The van der Waals surface area contributed by atoms with Crippen molar-refractivity contribution >= 4 is 17.5 Å². The fourth-order valence-electron chi connectivity index (χ4n) is 4.32. The van der Waals surface area contributed by atoms with E-state index in [1.807, 2.05) is 27.1 Å². The number of hydrogen-bond donors (Lipinski definition) is 1. The van der Waals surface area contributed by atoms with Crippen LogP contribution in [0.1, 0.15) is 48.0 Å². The minimum absolute atomic E-state index is 0.00393. The standard InChI is InChI=1S/C22H34N4O2/c1-17-9-10-19(25-12-4-5-13-25)18(16-17)21(27)23-11-7-15-26-14-6-8-20(26)22(28)24(2)3/h9-10,16,20H,4-8,11-15H2,1-3H3,(H,23,27). The number of anilines is 1. The van der Waals surface area contributed by atoms with E-state index in [0.717, 1.165) is 62.3 Å². The Morgan fingerprint density at radius 3 is 2.61 bits per heavy atom. The summed E-state index contributed by atoms with van der Waals surface area (Å²) in [4.78, 5) is 31.4. The van der Waals surface area contributed by atoms with E-state index in [0.29, 0.717) is 6.54 Å². The Kier molecular flexibility index (Phi) is 6.94. The van der Waals surface area contributed by atoms with Gasteiger partial charge in [0.15, 0.2) is 0 Å². The lowest BCUT2D eigenvalue weighted by molar-refractivity contribution is -0.133. The maximum Gasteiger partial charge on any atom is 0.253 e. The smallest absolute Gasteiger partial charge is 0.253 e. The van der Waals surface area contributed by atoms with Crippen molar-refractivity contribution in [3.8, 4) is 0 Å².